The van der Waals surface area contributed by atoms with Gasteiger partial charge in [0.15, 0.2) is 5.82 Å². The van der Waals surface area contributed by atoms with Crippen molar-refractivity contribution in [2.45, 2.75) is 32.1 Å². The van der Waals surface area contributed by atoms with Crippen molar-refractivity contribution in [1.82, 2.24) is 0 Å². The van der Waals surface area contributed by atoms with Crippen molar-refractivity contribution in [2.75, 3.05) is 11.9 Å². The van der Waals surface area contributed by atoms with E-state index in [-0.39, 0.29) is 23.0 Å². The molecule has 0 spiro atoms. The second-order valence-electron chi connectivity index (χ2n) is 4.25. The van der Waals surface area contributed by atoms with Crippen molar-refractivity contribution in [3.05, 3.63) is 28.8 Å². The number of carbonyl (C=O) groups excluding carboxylic acids is 1. The van der Waals surface area contributed by atoms with Crippen LogP contribution in [0.2, 0.25) is 5.02 Å². The van der Waals surface area contributed by atoms with Crippen molar-refractivity contribution in [1.29, 1.82) is 0 Å². The minimum atomic E-state index is -0.874. The van der Waals surface area contributed by atoms with E-state index in [4.69, 9.17) is 17.3 Å². The molecule has 0 aliphatic carbocycles. The lowest BCUT2D eigenvalue weighted by molar-refractivity contribution is -0.116. The molecule has 0 unspecified atom stereocenters. The average Bonchev–Trinajstić information content (AvgIpc) is 2.33. The van der Waals surface area contributed by atoms with Gasteiger partial charge in [0, 0.05) is 12.5 Å². The lowest BCUT2D eigenvalue weighted by Gasteiger charge is -2.08. The molecule has 0 fully saturated rings. The summed E-state index contributed by atoms with van der Waals surface area (Å²) in [5.74, 6) is -1.98. The zero-order valence-corrected chi connectivity index (χ0v) is 11.3. The number of hydrogen-bond donors (Lipinski definition) is 2. The second-order valence-corrected chi connectivity index (χ2v) is 4.65. The molecule has 3 N–H and O–H groups in total. The van der Waals surface area contributed by atoms with Crippen LogP contribution in [0, 0.1) is 11.6 Å². The van der Waals surface area contributed by atoms with Gasteiger partial charge in [0.25, 0.3) is 0 Å². The summed E-state index contributed by atoms with van der Waals surface area (Å²) in [6, 6.07) is 1.64. The highest BCUT2D eigenvalue weighted by Crippen LogP contribution is 2.26. The molecule has 0 heterocycles. The van der Waals surface area contributed by atoms with E-state index in [2.05, 4.69) is 5.32 Å². The number of rotatable bonds is 7. The summed E-state index contributed by atoms with van der Waals surface area (Å²) in [6.45, 7) is 0.641. The number of unbranched alkanes of at least 4 members (excludes halogenated alkanes) is 3. The lowest BCUT2D eigenvalue weighted by atomic mass is 10.1. The maximum atomic E-state index is 13.4. The zero-order chi connectivity index (χ0) is 14.3. The summed E-state index contributed by atoms with van der Waals surface area (Å²) in [4.78, 5) is 11.6. The number of anilines is 1. The van der Waals surface area contributed by atoms with Crippen LogP contribution in [0.1, 0.15) is 32.1 Å². The summed E-state index contributed by atoms with van der Waals surface area (Å²) in [5.41, 5.74) is 5.18. The molecule has 19 heavy (non-hydrogen) atoms. The molecule has 0 saturated carbocycles. The van der Waals surface area contributed by atoms with E-state index >= 15 is 0 Å². The van der Waals surface area contributed by atoms with E-state index in [0.29, 0.717) is 19.0 Å². The molecule has 0 radical (unpaired) electrons. The first-order chi connectivity index (χ1) is 9.04. The van der Waals surface area contributed by atoms with Crippen molar-refractivity contribution in [3.63, 3.8) is 0 Å². The quantitative estimate of drug-likeness (QED) is 0.756. The summed E-state index contributed by atoms with van der Waals surface area (Å²) in [7, 11) is 0. The van der Waals surface area contributed by atoms with E-state index in [1.807, 2.05) is 0 Å². The molecule has 6 heteroatoms. The number of hydrogen-bond acceptors (Lipinski definition) is 2. The Labute approximate surface area is 116 Å². The van der Waals surface area contributed by atoms with Gasteiger partial charge in [-0.2, -0.15) is 0 Å². The minimum absolute atomic E-state index is 0.144. The van der Waals surface area contributed by atoms with E-state index in [0.717, 1.165) is 25.3 Å². The van der Waals surface area contributed by atoms with Crippen molar-refractivity contribution in [2.24, 2.45) is 5.73 Å². The van der Waals surface area contributed by atoms with Gasteiger partial charge < -0.3 is 11.1 Å². The molecule has 1 rings (SSSR count). The van der Waals surface area contributed by atoms with E-state index in [1.54, 1.807) is 0 Å². The Morgan fingerprint density at radius 1 is 1.21 bits per heavy atom. The Hall–Kier alpha value is -1.20. The van der Waals surface area contributed by atoms with Gasteiger partial charge in [0.2, 0.25) is 5.91 Å². The largest absolute Gasteiger partial charge is 0.330 e. The first-order valence-corrected chi connectivity index (χ1v) is 6.57. The van der Waals surface area contributed by atoms with Crippen LogP contribution in [0.25, 0.3) is 0 Å². The molecule has 3 nitrogen and oxygen atoms in total. The van der Waals surface area contributed by atoms with E-state index in [9.17, 15) is 13.6 Å². The number of nitrogens with one attached hydrogen (secondary N) is 1. The molecule has 0 aromatic heterocycles. The van der Waals surface area contributed by atoms with E-state index in [1.165, 1.54) is 0 Å². The Bertz CT molecular complexity index is 418. The third-order valence-corrected chi connectivity index (χ3v) is 2.93. The number of benzene rings is 1. The number of carbonyl (C=O) groups is 1. The highest BCUT2D eigenvalue weighted by atomic mass is 35.5. The molecule has 1 aromatic carbocycles. The predicted molar refractivity (Wildman–Crippen MR) is 72.1 cm³/mol. The molecule has 106 valence electrons. The third kappa shape index (κ3) is 5.53. The van der Waals surface area contributed by atoms with Gasteiger partial charge in [-0.05, 0) is 25.5 Å². The van der Waals surface area contributed by atoms with Gasteiger partial charge in [-0.3, -0.25) is 4.79 Å². The summed E-state index contributed by atoms with van der Waals surface area (Å²) < 4.78 is 26.2. The van der Waals surface area contributed by atoms with Crippen molar-refractivity contribution in [3.8, 4) is 0 Å². The number of nitrogens with two attached hydrogens (primary N) is 1. The fourth-order valence-electron chi connectivity index (χ4n) is 1.65. The van der Waals surface area contributed by atoms with Crippen LogP contribution in [-0.2, 0) is 4.79 Å². The van der Waals surface area contributed by atoms with Crippen LogP contribution >= 0.6 is 11.6 Å². The fraction of sp³-hybridized carbons (Fsp3) is 0.462. The summed E-state index contributed by atoms with van der Waals surface area (Å²) in [6.07, 6.45) is 3.77. The second kappa shape index (κ2) is 8.07. The molecule has 0 aliphatic heterocycles. The summed E-state index contributed by atoms with van der Waals surface area (Å²) >= 11 is 5.67. The van der Waals surface area contributed by atoms with Crippen LogP contribution in [0.4, 0.5) is 14.5 Å². The highest BCUT2D eigenvalue weighted by Gasteiger charge is 2.12. The Morgan fingerprint density at radius 3 is 2.53 bits per heavy atom. The van der Waals surface area contributed by atoms with Gasteiger partial charge in [-0.15, -0.1) is 0 Å². The standard InChI is InChI=1S/C13H17ClF2N2O/c14-10-7-9(15)8-11(16)13(10)18-12(19)5-3-1-2-4-6-17/h7-8H,1-6,17H2,(H,18,19). The fourth-order valence-corrected chi connectivity index (χ4v) is 1.89. The van der Waals surface area contributed by atoms with Crippen LogP contribution in [0.3, 0.4) is 0 Å². The van der Waals surface area contributed by atoms with Gasteiger partial charge in [0.1, 0.15) is 5.82 Å². The monoisotopic (exact) mass is 290 g/mol. The highest BCUT2D eigenvalue weighted by molar-refractivity contribution is 6.33. The molecular formula is C13H17ClF2N2O. The molecule has 1 aromatic rings. The smallest absolute Gasteiger partial charge is 0.224 e. The van der Waals surface area contributed by atoms with Gasteiger partial charge in [-0.1, -0.05) is 24.4 Å². The zero-order valence-electron chi connectivity index (χ0n) is 10.5. The number of halogens is 3. The van der Waals surface area contributed by atoms with Crippen molar-refractivity contribution >= 4 is 23.2 Å². The van der Waals surface area contributed by atoms with Crippen LogP contribution in [0.5, 0.6) is 0 Å². The maximum Gasteiger partial charge on any atom is 0.224 e. The summed E-state index contributed by atoms with van der Waals surface area (Å²) in [5, 5.41) is 2.21. The topological polar surface area (TPSA) is 55.1 Å². The molecule has 0 saturated heterocycles. The molecule has 0 aliphatic rings. The van der Waals surface area contributed by atoms with Gasteiger partial charge >= 0.3 is 0 Å². The molecule has 0 atom stereocenters. The van der Waals surface area contributed by atoms with Gasteiger partial charge in [0.05, 0.1) is 10.7 Å². The van der Waals surface area contributed by atoms with Crippen molar-refractivity contribution < 1.29 is 13.6 Å². The SMILES string of the molecule is NCCCCCCC(=O)Nc1c(F)cc(F)cc1Cl. The normalized spacial score (nSPS) is 10.5. The lowest BCUT2D eigenvalue weighted by Crippen LogP contribution is -2.13. The average molecular weight is 291 g/mol. The predicted octanol–water partition coefficient (Wildman–Crippen LogP) is 3.47. The van der Waals surface area contributed by atoms with Crippen LogP contribution in [-0.4, -0.2) is 12.5 Å². The molecule has 1 amide bonds. The Morgan fingerprint density at radius 2 is 1.89 bits per heavy atom. The third-order valence-electron chi connectivity index (χ3n) is 2.63. The first kappa shape index (κ1) is 15.9. The Balaban J connectivity index is 2.44. The number of amides is 1. The van der Waals surface area contributed by atoms with E-state index < -0.39 is 11.6 Å². The van der Waals surface area contributed by atoms with Gasteiger partial charge in [-0.25, -0.2) is 8.78 Å². The first-order valence-electron chi connectivity index (χ1n) is 6.19. The van der Waals surface area contributed by atoms with Crippen LogP contribution in [0.15, 0.2) is 12.1 Å². The molecular weight excluding hydrogens is 274 g/mol. The minimum Gasteiger partial charge on any atom is -0.330 e. The molecule has 0 bridgehead atoms. The maximum absolute atomic E-state index is 13.4. The van der Waals surface area contributed by atoms with Crippen LogP contribution < -0.4 is 11.1 Å². The Kier molecular flexibility index (Phi) is 6.73.